The molecule has 2 aliphatic carbocycles. The fourth-order valence-corrected chi connectivity index (χ4v) is 13.5. The van der Waals surface area contributed by atoms with Gasteiger partial charge in [-0.05, 0) is 140 Å². The van der Waals surface area contributed by atoms with Crippen molar-refractivity contribution in [1.82, 2.24) is 0 Å². The maximum atomic E-state index is 2.51. The quantitative estimate of drug-likeness (QED) is 0.155. The molecule has 0 saturated heterocycles. The fraction of sp³-hybridized carbons (Fsp3) is 0.0938. The zero-order valence-corrected chi connectivity index (χ0v) is 37.7. The Morgan fingerprint density at radius 3 is 1.60 bits per heavy atom. The van der Waals surface area contributed by atoms with Gasteiger partial charge in [-0.1, -0.05) is 198 Å². The summed E-state index contributed by atoms with van der Waals surface area (Å²) in [6, 6.07) is 73.7. The second-order valence-electron chi connectivity index (χ2n) is 19.5. The summed E-state index contributed by atoms with van der Waals surface area (Å²) in [4.78, 5) is 0. The highest BCUT2D eigenvalue weighted by molar-refractivity contribution is 7.26. The Labute approximate surface area is 383 Å². The molecule has 0 fully saturated rings. The summed E-state index contributed by atoms with van der Waals surface area (Å²) in [6.45, 7) is 9.65. The lowest BCUT2D eigenvalue weighted by Crippen LogP contribution is -2.15. The summed E-state index contributed by atoms with van der Waals surface area (Å²) in [5, 5.41) is 13.1. The van der Waals surface area contributed by atoms with Gasteiger partial charge >= 0.3 is 0 Å². The average molecular weight is 845 g/mol. The van der Waals surface area contributed by atoms with Crippen molar-refractivity contribution < 1.29 is 0 Å². The molecule has 0 saturated carbocycles. The third kappa shape index (κ3) is 5.02. The number of hydrogen-bond donors (Lipinski definition) is 0. The van der Waals surface area contributed by atoms with Crippen molar-refractivity contribution >= 4 is 74.6 Å². The van der Waals surface area contributed by atoms with E-state index in [2.05, 4.69) is 222 Å². The highest BCUT2D eigenvalue weighted by atomic mass is 32.1. The van der Waals surface area contributed by atoms with Crippen molar-refractivity contribution in [3.05, 3.63) is 216 Å². The largest absolute Gasteiger partial charge is 0.134 e. The molecular weight excluding hydrogens is 801 g/mol. The van der Waals surface area contributed by atoms with Crippen molar-refractivity contribution in [2.75, 3.05) is 0 Å². The monoisotopic (exact) mass is 844 g/mol. The number of thiophene rings is 1. The maximum Gasteiger partial charge on any atom is 0.0437 e. The van der Waals surface area contributed by atoms with E-state index >= 15 is 0 Å². The standard InChI is InChI=1S/C64H44S/c1-63(2)53-31-26-39(40-24-29-50-56(35-40)64(3,4)54-32-30-51-60-43-18-8-6-15-38(43)27-33-57(60)65-62(51)61(50)54)34-52(53)44-28-25-41(36-55(44)63)58-46-19-9-11-21-48(46)59(49-22-12-10-20-47(49)58)45-23-13-16-37-14-5-7-17-42(37)45/h5-36H,1-4H3. The molecule has 0 aliphatic heterocycles. The van der Waals surface area contributed by atoms with Gasteiger partial charge in [0.05, 0.1) is 0 Å². The van der Waals surface area contributed by atoms with E-state index in [0.29, 0.717) is 0 Å². The Morgan fingerprint density at radius 2 is 0.846 bits per heavy atom. The topological polar surface area (TPSA) is 0 Å². The molecule has 65 heavy (non-hydrogen) atoms. The SMILES string of the molecule is CC1(C)c2ccc(-c3ccc4c(c3)C(C)(C)c3ccc5c(sc6ccc7ccccc7c65)c3-4)cc2-c2ccc(-c3c4ccccc4c(-c4cccc5ccccc45)c4ccccc34)cc21. The molecule has 0 amide bonds. The molecule has 0 nitrogen and oxygen atoms in total. The van der Waals surface area contributed by atoms with Crippen LogP contribution in [0.25, 0.3) is 119 Å². The average Bonchev–Trinajstić information content (AvgIpc) is 3.92. The van der Waals surface area contributed by atoms with Gasteiger partial charge in [0.15, 0.2) is 0 Å². The second kappa shape index (κ2) is 13.1. The molecular formula is C64H44S. The van der Waals surface area contributed by atoms with Crippen LogP contribution in [0.1, 0.15) is 49.9 Å². The molecule has 0 radical (unpaired) electrons. The molecule has 1 aromatic heterocycles. The molecule has 0 unspecified atom stereocenters. The molecule has 1 heteroatoms. The van der Waals surface area contributed by atoms with Crippen molar-refractivity contribution in [1.29, 1.82) is 0 Å². The lowest BCUT2D eigenvalue weighted by molar-refractivity contribution is 0.660. The summed E-state index contributed by atoms with van der Waals surface area (Å²) < 4.78 is 2.77. The van der Waals surface area contributed by atoms with E-state index in [1.165, 1.54) is 141 Å². The van der Waals surface area contributed by atoms with Gasteiger partial charge in [-0.3, -0.25) is 0 Å². The molecule has 12 aromatic rings. The van der Waals surface area contributed by atoms with Crippen LogP contribution in [0, 0.1) is 0 Å². The van der Waals surface area contributed by atoms with E-state index in [9.17, 15) is 0 Å². The summed E-state index contributed by atoms with van der Waals surface area (Å²) in [6.07, 6.45) is 0. The lowest BCUT2D eigenvalue weighted by Gasteiger charge is -2.23. The van der Waals surface area contributed by atoms with Gasteiger partial charge < -0.3 is 0 Å². The first-order valence-electron chi connectivity index (χ1n) is 23.0. The van der Waals surface area contributed by atoms with E-state index in [4.69, 9.17) is 0 Å². The van der Waals surface area contributed by atoms with Crippen LogP contribution in [-0.4, -0.2) is 0 Å². The summed E-state index contributed by atoms with van der Waals surface area (Å²) in [5.41, 5.74) is 18.5. The number of fused-ring (bicyclic) bond motifs is 15. The Balaban J connectivity index is 0.894. The van der Waals surface area contributed by atoms with Crippen LogP contribution < -0.4 is 0 Å². The van der Waals surface area contributed by atoms with Crippen LogP contribution >= 0.6 is 11.3 Å². The van der Waals surface area contributed by atoms with Gasteiger partial charge in [0.25, 0.3) is 0 Å². The van der Waals surface area contributed by atoms with Crippen LogP contribution in [0.5, 0.6) is 0 Å². The van der Waals surface area contributed by atoms with Gasteiger partial charge in [-0.2, -0.15) is 0 Å². The Kier molecular flexibility index (Phi) is 7.49. The van der Waals surface area contributed by atoms with E-state index in [1.54, 1.807) is 0 Å². The van der Waals surface area contributed by atoms with Gasteiger partial charge in [0, 0.05) is 36.6 Å². The van der Waals surface area contributed by atoms with Crippen molar-refractivity contribution in [2.24, 2.45) is 0 Å². The second-order valence-corrected chi connectivity index (χ2v) is 20.6. The molecule has 0 bridgehead atoms. The van der Waals surface area contributed by atoms with Gasteiger partial charge in [0.2, 0.25) is 0 Å². The zero-order chi connectivity index (χ0) is 43.3. The smallest absolute Gasteiger partial charge is 0.0437 e. The maximum absolute atomic E-state index is 2.51. The number of rotatable bonds is 3. The third-order valence-electron chi connectivity index (χ3n) is 15.5. The Bertz CT molecular complexity index is 4000. The first kappa shape index (κ1) is 37.1. The van der Waals surface area contributed by atoms with E-state index in [1.807, 2.05) is 11.3 Å². The molecule has 0 N–H and O–H groups in total. The number of benzene rings is 11. The first-order chi connectivity index (χ1) is 31.8. The summed E-state index contributed by atoms with van der Waals surface area (Å²) in [7, 11) is 0. The summed E-state index contributed by atoms with van der Waals surface area (Å²) in [5.74, 6) is 0. The minimum absolute atomic E-state index is 0.115. The van der Waals surface area contributed by atoms with E-state index < -0.39 is 0 Å². The zero-order valence-electron chi connectivity index (χ0n) is 36.9. The summed E-state index contributed by atoms with van der Waals surface area (Å²) >= 11 is 1.95. The lowest BCUT2D eigenvalue weighted by atomic mass is 9.80. The fourth-order valence-electron chi connectivity index (χ4n) is 12.3. The van der Waals surface area contributed by atoms with Crippen LogP contribution in [-0.2, 0) is 10.8 Å². The highest BCUT2D eigenvalue weighted by Gasteiger charge is 2.39. The Hall–Kier alpha value is -7.32. The molecule has 0 atom stereocenters. The van der Waals surface area contributed by atoms with Gasteiger partial charge in [-0.25, -0.2) is 0 Å². The van der Waals surface area contributed by atoms with Crippen LogP contribution in [0.2, 0.25) is 0 Å². The van der Waals surface area contributed by atoms with Crippen molar-refractivity contribution in [2.45, 2.75) is 38.5 Å². The van der Waals surface area contributed by atoms with Gasteiger partial charge in [0.1, 0.15) is 0 Å². The third-order valence-corrected chi connectivity index (χ3v) is 16.6. The molecule has 306 valence electrons. The normalized spacial score (nSPS) is 14.4. The van der Waals surface area contributed by atoms with Crippen LogP contribution in [0.15, 0.2) is 194 Å². The molecule has 14 rings (SSSR count). The van der Waals surface area contributed by atoms with E-state index in [0.717, 1.165) is 0 Å². The van der Waals surface area contributed by atoms with E-state index in [-0.39, 0.29) is 10.8 Å². The van der Waals surface area contributed by atoms with Crippen molar-refractivity contribution in [3.8, 4) is 55.6 Å². The van der Waals surface area contributed by atoms with Gasteiger partial charge in [-0.15, -0.1) is 11.3 Å². The van der Waals surface area contributed by atoms with Crippen molar-refractivity contribution in [3.63, 3.8) is 0 Å². The minimum atomic E-state index is -0.157. The van der Waals surface area contributed by atoms with Crippen LogP contribution in [0.3, 0.4) is 0 Å². The minimum Gasteiger partial charge on any atom is -0.134 e. The Morgan fingerprint density at radius 1 is 0.308 bits per heavy atom. The highest BCUT2D eigenvalue weighted by Crippen LogP contribution is 2.56. The predicted octanol–water partition coefficient (Wildman–Crippen LogP) is 18.3. The first-order valence-corrected chi connectivity index (χ1v) is 23.8. The molecule has 2 aliphatic rings. The number of hydrogen-bond acceptors (Lipinski definition) is 1. The molecule has 1 heterocycles. The molecule has 11 aromatic carbocycles. The van der Waals surface area contributed by atoms with Crippen LogP contribution in [0.4, 0.5) is 0 Å². The predicted molar refractivity (Wildman–Crippen MR) is 281 cm³/mol. The molecule has 0 spiro atoms.